The molecule has 54 valence electrons. The quantitative estimate of drug-likeness (QED) is 0.593. The molecule has 0 unspecified atom stereocenters. The molecule has 0 aromatic heterocycles. The number of allylic oxidation sites excluding steroid dienone is 2. The molecule has 0 saturated carbocycles. The van der Waals surface area contributed by atoms with E-state index in [1.165, 1.54) is 6.21 Å². The molecule has 0 aromatic rings. The SMILES string of the molecule is CCC1=C(O)C(=O)CC=N1. The van der Waals surface area contributed by atoms with E-state index in [1.807, 2.05) is 6.92 Å². The number of aliphatic imine (C=N–C) groups is 1. The minimum atomic E-state index is -0.230. The highest BCUT2D eigenvalue weighted by Gasteiger charge is 2.14. The molecule has 0 aromatic carbocycles. The molecule has 1 rings (SSSR count). The molecular formula is C7H9NO2. The number of nitrogens with zero attached hydrogens (tertiary/aromatic N) is 1. The van der Waals surface area contributed by atoms with Crippen LogP contribution in [0.15, 0.2) is 16.4 Å². The Kier molecular flexibility index (Phi) is 1.85. The molecule has 0 fully saturated rings. The average Bonchev–Trinajstić information content (AvgIpc) is 1.95. The number of Topliss-reactive ketones (excluding diaryl/α,β-unsaturated/α-hetero) is 1. The fourth-order valence-electron chi connectivity index (χ4n) is 0.816. The number of aliphatic hydroxyl groups is 1. The lowest BCUT2D eigenvalue weighted by Crippen LogP contribution is -2.09. The first-order valence-electron chi connectivity index (χ1n) is 3.23. The van der Waals surface area contributed by atoms with Gasteiger partial charge in [-0.1, -0.05) is 6.92 Å². The maximum atomic E-state index is 10.8. The second-order valence-electron chi connectivity index (χ2n) is 2.09. The smallest absolute Gasteiger partial charge is 0.204 e. The molecule has 3 nitrogen and oxygen atoms in total. The van der Waals surface area contributed by atoms with Crippen molar-refractivity contribution in [1.29, 1.82) is 0 Å². The molecule has 0 saturated heterocycles. The molecule has 0 bridgehead atoms. The zero-order valence-electron chi connectivity index (χ0n) is 5.79. The molecule has 0 radical (unpaired) electrons. The van der Waals surface area contributed by atoms with E-state index in [1.54, 1.807) is 0 Å². The van der Waals surface area contributed by atoms with Crippen molar-refractivity contribution in [3.05, 3.63) is 11.5 Å². The number of carbonyl (C=O) groups excluding carboxylic acids is 1. The Morgan fingerprint density at radius 2 is 2.50 bits per heavy atom. The summed E-state index contributed by atoms with van der Waals surface area (Å²) in [6.45, 7) is 1.85. The summed E-state index contributed by atoms with van der Waals surface area (Å²) in [6, 6.07) is 0. The van der Waals surface area contributed by atoms with Crippen LogP contribution in [0.4, 0.5) is 0 Å². The number of hydrogen-bond donors (Lipinski definition) is 1. The number of hydrogen-bond acceptors (Lipinski definition) is 3. The van der Waals surface area contributed by atoms with E-state index in [2.05, 4.69) is 4.99 Å². The van der Waals surface area contributed by atoms with Gasteiger partial charge in [0.2, 0.25) is 5.78 Å². The van der Waals surface area contributed by atoms with Gasteiger partial charge in [-0.05, 0) is 6.42 Å². The maximum Gasteiger partial charge on any atom is 0.204 e. The van der Waals surface area contributed by atoms with Crippen molar-refractivity contribution < 1.29 is 9.90 Å². The predicted octanol–water partition coefficient (Wildman–Crippen LogP) is 1.21. The molecule has 1 aliphatic rings. The first-order chi connectivity index (χ1) is 4.75. The second kappa shape index (κ2) is 2.64. The summed E-state index contributed by atoms with van der Waals surface area (Å²) in [6.07, 6.45) is 2.37. The van der Waals surface area contributed by atoms with Crippen LogP contribution < -0.4 is 0 Å². The number of aliphatic hydroxyl groups excluding tert-OH is 1. The van der Waals surface area contributed by atoms with Gasteiger partial charge < -0.3 is 5.11 Å². The van der Waals surface area contributed by atoms with Gasteiger partial charge in [0, 0.05) is 12.6 Å². The third kappa shape index (κ3) is 1.07. The van der Waals surface area contributed by atoms with Crippen molar-refractivity contribution in [2.45, 2.75) is 19.8 Å². The molecule has 0 amide bonds. The summed E-state index contributed by atoms with van der Waals surface area (Å²) in [5.41, 5.74) is 0.497. The average molecular weight is 139 g/mol. The number of rotatable bonds is 1. The van der Waals surface area contributed by atoms with E-state index in [0.29, 0.717) is 12.1 Å². The van der Waals surface area contributed by atoms with Crippen molar-refractivity contribution in [3.8, 4) is 0 Å². The molecule has 1 aliphatic heterocycles. The Labute approximate surface area is 59.1 Å². The van der Waals surface area contributed by atoms with Crippen LogP contribution in [0.1, 0.15) is 19.8 Å². The van der Waals surface area contributed by atoms with Crippen LogP contribution in [0.3, 0.4) is 0 Å². The molecule has 1 heterocycles. The zero-order valence-corrected chi connectivity index (χ0v) is 5.79. The standard InChI is InChI=1S/C7H9NO2/c1-2-5-7(10)6(9)3-4-8-5/h4,10H,2-3H2,1H3. The Morgan fingerprint density at radius 1 is 1.80 bits per heavy atom. The van der Waals surface area contributed by atoms with Crippen LogP contribution in [0.25, 0.3) is 0 Å². The third-order valence-electron chi connectivity index (χ3n) is 1.40. The Balaban J connectivity index is 2.93. The Hall–Kier alpha value is -1.12. The molecule has 1 N–H and O–H groups in total. The van der Waals surface area contributed by atoms with Crippen LogP contribution >= 0.6 is 0 Å². The number of carbonyl (C=O) groups is 1. The highest BCUT2D eigenvalue weighted by Crippen LogP contribution is 2.13. The molecule has 0 atom stereocenters. The lowest BCUT2D eigenvalue weighted by Gasteiger charge is -2.05. The predicted molar refractivity (Wildman–Crippen MR) is 38.1 cm³/mol. The summed E-state index contributed by atoms with van der Waals surface area (Å²) in [7, 11) is 0. The van der Waals surface area contributed by atoms with E-state index in [9.17, 15) is 4.79 Å². The van der Waals surface area contributed by atoms with Crippen LogP contribution in [-0.2, 0) is 4.79 Å². The highest BCUT2D eigenvalue weighted by molar-refractivity contribution is 6.03. The van der Waals surface area contributed by atoms with Gasteiger partial charge >= 0.3 is 0 Å². The summed E-state index contributed by atoms with van der Waals surface area (Å²) < 4.78 is 0. The first kappa shape index (κ1) is 6.99. The van der Waals surface area contributed by atoms with Gasteiger partial charge in [-0.3, -0.25) is 9.79 Å². The van der Waals surface area contributed by atoms with Crippen molar-refractivity contribution in [2.24, 2.45) is 4.99 Å². The topological polar surface area (TPSA) is 49.7 Å². The number of ketones is 1. The fraction of sp³-hybridized carbons (Fsp3) is 0.429. The molecule has 0 spiro atoms. The van der Waals surface area contributed by atoms with Crippen molar-refractivity contribution in [2.75, 3.05) is 0 Å². The van der Waals surface area contributed by atoms with Crippen LogP contribution in [-0.4, -0.2) is 17.1 Å². The van der Waals surface area contributed by atoms with Crippen LogP contribution in [0, 0.1) is 0 Å². The summed E-state index contributed by atoms with van der Waals surface area (Å²) >= 11 is 0. The van der Waals surface area contributed by atoms with Gasteiger partial charge in [-0.25, -0.2) is 0 Å². The minimum absolute atomic E-state index is 0.162. The largest absolute Gasteiger partial charge is 0.503 e. The Morgan fingerprint density at radius 3 is 3.00 bits per heavy atom. The van der Waals surface area contributed by atoms with Gasteiger partial charge in [-0.15, -0.1) is 0 Å². The normalized spacial score (nSPS) is 18.3. The minimum Gasteiger partial charge on any atom is -0.503 e. The van der Waals surface area contributed by atoms with E-state index in [-0.39, 0.29) is 18.0 Å². The molecule has 10 heavy (non-hydrogen) atoms. The highest BCUT2D eigenvalue weighted by atomic mass is 16.3. The molecule has 3 heteroatoms. The monoisotopic (exact) mass is 139 g/mol. The van der Waals surface area contributed by atoms with Gasteiger partial charge in [0.25, 0.3) is 0 Å². The van der Waals surface area contributed by atoms with E-state index < -0.39 is 0 Å². The Bertz CT molecular complexity index is 216. The van der Waals surface area contributed by atoms with E-state index in [4.69, 9.17) is 5.11 Å². The van der Waals surface area contributed by atoms with Gasteiger partial charge in [-0.2, -0.15) is 0 Å². The zero-order chi connectivity index (χ0) is 7.56. The fourth-order valence-corrected chi connectivity index (χ4v) is 0.816. The van der Waals surface area contributed by atoms with Crippen molar-refractivity contribution >= 4 is 12.0 Å². The van der Waals surface area contributed by atoms with Crippen LogP contribution in [0.2, 0.25) is 0 Å². The van der Waals surface area contributed by atoms with Gasteiger partial charge in [0.1, 0.15) is 0 Å². The molecular weight excluding hydrogens is 130 g/mol. The third-order valence-corrected chi connectivity index (χ3v) is 1.40. The first-order valence-corrected chi connectivity index (χ1v) is 3.23. The second-order valence-corrected chi connectivity index (χ2v) is 2.09. The maximum absolute atomic E-state index is 10.8. The van der Waals surface area contributed by atoms with E-state index in [0.717, 1.165) is 0 Å². The van der Waals surface area contributed by atoms with Crippen LogP contribution in [0.5, 0.6) is 0 Å². The van der Waals surface area contributed by atoms with Gasteiger partial charge in [0.05, 0.1) is 5.70 Å². The summed E-state index contributed by atoms with van der Waals surface area (Å²) in [5, 5.41) is 9.05. The molecule has 0 aliphatic carbocycles. The van der Waals surface area contributed by atoms with E-state index >= 15 is 0 Å². The lowest BCUT2D eigenvalue weighted by atomic mass is 10.1. The summed E-state index contributed by atoms with van der Waals surface area (Å²) in [5.74, 6) is -0.392. The van der Waals surface area contributed by atoms with Crippen molar-refractivity contribution in [1.82, 2.24) is 0 Å². The lowest BCUT2D eigenvalue weighted by molar-refractivity contribution is -0.117. The van der Waals surface area contributed by atoms with Gasteiger partial charge in [0.15, 0.2) is 5.76 Å². The summed E-state index contributed by atoms with van der Waals surface area (Å²) in [4.78, 5) is 14.6. The van der Waals surface area contributed by atoms with Crippen molar-refractivity contribution in [3.63, 3.8) is 0 Å².